The SMILES string of the molecule is O=Cc1ccc2ccn(-c3ccc(Cl)cc3)c2c1. The average molecular weight is 256 g/mol. The lowest BCUT2D eigenvalue weighted by atomic mass is 10.2. The molecule has 18 heavy (non-hydrogen) atoms. The van der Waals surface area contributed by atoms with Crippen LogP contribution < -0.4 is 0 Å². The number of carbonyl (C=O) groups excluding carboxylic acids is 1. The van der Waals surface area contributed by atoms with E-state index < -0.39 is 0 Å². The topological polar surface area (TPSA) is 22.0 Å². The Morgan fingerprint density at radius 2 is 1.78 bits per heavy atom. The molecule has 1 heterocycles. The molecule has 2 aromatic carbocycles. The van der Waals surface area contributed by atoms with Crippen molar-refractivity contribution in [3.63, 3.8) is 0 Å². The molecule has 0 aliphatic rings. The lowest BCUT2D eigenvalue weighted by molar-refractivity contribution is 0.112. The molecule has 0 saturated heterocycles. The second kappa shape index (κ2) is 4.31. The number of hydrogen-bond acceptors (Lipinski definition) is 1. The standard InChI is InChI=1S/C15H10ClNO/c16-13-3-5-14(6-4-13)17-8-7-12-2-1-11(10-18)9-15(12)17/h1-10H. The summed E-state index contributed by atoms with van der Waals surface area (Å²) in [5.74, 6) is 0. The van der Waals surface area contributed by atoms with Crippen molar-refractivity contribution in [3.8, 4) is 5.69 Å². The second-order valence-electron chi connectivity index (χ2n) is 4.10. The summed E-state index contributed by atoms with van der Waals surface area (Å²) in [5, 5.41) is 1.82. The Labute approximate surface area is 109 Å². The normalized spacial score (nSPS) is 10.7. The highest BCUT2D eigenvalue weighted by atomic mass is 35.5. The molecule has 1 aromatic heterocycles. The van der Waals surface area contributed by atoms with E-state index in [-0.39, 0.29) is 0 Å². The zero-order valence-electron chi connectivity index (χ0n) is 9.51. The summed E-state index contributed by atoms with van der Waals surface area (Å²) in [4.78, 5) is 10.8. The summed E-state index contributed by atoms with van der Waals surface area (Å²) in [6.07, 6.45) is 2.85. The molecule has 0 atom stereocenters. The van der Waals surface area contributed by atoms with Gasteiger partial charge in [-0.1, -0.05) is 23.7 Å². The molecule has 3 heteroatoms. The van der Waals surface area contributed by atoms with Crippen molar-refractivity contribution < 1.29 is 4.79 Å². The molecular weight excluding hydrogens is 246 g/mol. The number of aromatic nitrogens is 1. The fourth-order valence-corrected chi connectivity index (χ4v) is 2.17. The van der Waals surface area contributed by atoms with Crippen LogP contribution in [0.25, 0.3) is 16.6 Å². The number of rotatable bonds is 2. The van der Waals surface area contributed by atoms with Crippen LogP contribution >= 0.6 is 11.6 Å². The number of benzene rings is 2. The molecule has 0 spiro atoms. The molecular formula is C15H10ClNO. The van der Waals surface area contributed by atoms with Crippen molar-refractivity contribution in [1.29, 1.82) is 0 Å². The van der Waals surface area contributed by atoms with E-state index in [1.54, 1.807) is 0 Å². The Kier molecular flexibility index (Phi) is 2.65. The summed E-state index contributed by atoms with van der Waals surface area (Å²) in [6, 6.07) is 15.3. The summed E-state index contributed by atoms with van der Waals surface area (Å²) < 4.78 is 2.04. The highest BCUT2D eigenvalue weighted by Gasteiger charge is 2.04. The van der Waals surface area contributed by atoms with Crippen molar-refractivity contribution in [2.75, 3.05) is 0 Å². The van der Waals surface area contributed by atoms with Crippen LogP contribution in [0, 0.1) is 0 Å². The molecule has 0 saturated carbocycles. The van der Waals surface area contributed by atoms with Gasteiger partial charge in [0.25, 0.3) is 0 Å². The minimum atomic E-state index is 0.677. The Hall–Kier alpha value is -2.06. The van der Waals surface area contributed by atoms with Gasteiger partial charge in [-0.2, -0.15) is 0 Å². The number of fused-ring (bicyclic) bond motifs is 1. The third-order valence-corrected chi connectivity index (χ3v) is 3.21. The molecule has 3 aromatic rings. The van der Waals surface area contributed by atoms with Crippen molar-refractivity contribution in [1.82, 2.24) is 4.57 Å². The molecule has 2 nitrogen and oxygen atoms in total. The smallest absolute Gasteiger partial charge is 0.150 e. The fraction of sp³-hybridized carbons (Fsp3) is 0. The summed E-state index contributed by atoms with van der Waals surface area (Å²) in [5.41, 5.74) is 2.72. The van der Waals surface area contributed by atoms with E-state index in [0.29, 0.717) is 10.6 Å². The minimum absolute atomic E-state index is 0.677. The maximum Gasteiger partial charge on any atom is 0.150 e. The molecule has 0 amide bonds. The van der Waals surface area contributed by atoms with Crippen LogP contribution in [0.15, 0.2) is 54.7 Å². The van der Waals surface area contributed by atoms with Crippen LogP contribution in [0.2, 0.25) is 5.02 Å². The van der Waals surface area contributed by atoms with E-state index in [9.17, 15) is 4.79 Å². The van der Waals surface area contributed by atoms with Crippen molar-refractivity contribution in [2.45, 2.75) is 0 Å². The quantitative estimate of drug-likeness (QED) is 0.632. The van der Waals surface area contributed by atoms with Crippen LogP contribution in [-0.4, -0.2) is 10.9 Å². The lowest BCUT2D eigenvalue weighted by Crippen LogP contribution is -1.91. The molecule has 0 aliphatic carbocycles. The van der Waals surface area contributed by atoms with Crippen LogP contribution in [0.3, 0.4) is 0 Å². The van der Waals surface area contributed by atoms with Gasteiger partial charge in [0.15, 0.2) is 0 Å². The zero-order valence-corrected chi connectivity index (χ0v) is 10.3. The van der Waals surface area contributed by atoms with E-state index in [4.69, 9.17) is 11.6 Å². The first kappa shape index (κ1) is 11.1. The summed E-state index contributed by atoms with van der Waals surface area (Å²) in [7, 11) is 0. The highest BCUT2D eigenvalue weighted by Crippen LogP contribution is 2.22. The average Bonchev–Trinajstić information content (AvgIpc) is 2.82. The van der Waals surface area contributed by atoms with Crippen LogP contribution in [0.5, 0.6) is 0 Å². The number of halogens is 1. The minimum Gasteiger partial charge on any atom is -0.317 e. The first-order chi connectivity index (χ1) is 8.78. The molecule has 0 unspecified atom stereocenters. The predicted molar refractivity (Wildman–Crippen MR) is 73.7 cm³/mol. The fourth-order valence-electron chi connectivity index (χ4n) is 2.05. The molecule has 88 valence electrons. The van der Waals surface area contributed by atoms with E-state index in [1.165, 1.54) is 0 Å². The molecule has 3 rings (SSSR count). The van der Waals surface area contributed by atoms with Gasteiger partial charge in [-0.3, -0.25) is 4.79 Å². The Morgan fingerprint density at radius 1 is 1.00 bits per heavy atom. The van der Waals surface area contributed by atoms with E-state index in [2.05, 4.69) is 0 Å². The first-order valence-electron chi connectivity index (χ1n) is 5.60. The van der Waals surface area contributed by atoms with Crippen molar-refractivity contribution in [2.24, 2.45) is 0 Å². The van der Waals surface area contributed by atoms with Gasteiger partial charge < -0.3 is 4.57 Å². The largest absolute Gasteiger partial charge is 0.317 e. The Morgan fingerprint density at radius 3 is 2.50 bits per heavy atom. The molecule has 0 N–H and O–H groups in total. The number of aldehydes is 1. The summed E-state index contributed by atoms with van der Waals surface area (Å²) >= 11 is 5.88. The number of hydrogen-bond donors (Lipinski definition) is 0. The zero-order chi connectivity index (χ0) is 12.5. The molecule has 0 bridgehead atoms. The van der Waals surface area contributed by atoms with Gasteiger partial charge in [0, 0.05) is 22.5 Å². The monoisotopic (exact) mass is 255 g/mol. The molecule has 0 fully saturated rings. The van der Waals surface area contributed by atoms with Gasteiger partial charge in [-0.05, 0) is 41.8 Å². The number of nitrogens with zero attached hydrogens (tertiary/aromatic N) is 1. The van der Waals surface area contributed by atoms with E-state index in [0.717, 1.165) is 22.9 Å². The van der Waals surface area contributed by atoms with Gasteiger partial charge in [0.2, 0.25) is 0 Å². The van der Waals surface area contributed by atoms with Crippen molar-refractivity contribution in [3.05, 3.63) is 65.3 Å². The van der Waals surface area contributed by atoms with Crippen LogP contribution in [0.1, 0.15) is 10.4 Å². The van der Waals surface area contributed by atoms with E-state index >= 15 is 0 Å². The maximum atomic E-state index is 10.8. The molecule has 0 radical (unpaired) electrons. The third-order valence-electron chi connectivity index (χ3n) is 2.96. The molecule has 0 aliphatic heterocycles. The predicted octanol–water partition coefficient (Wildman–Crippen LogP) is 4.10. The van der Waals surface area contributed by atoms with Gasteiger partial charge in [0.1, 0.15) is 6.29 Å². The van der Waals surface area contributed by atoms with Gasteiger partial charge >= 0.3 is 0 Å². The third kappa shape index (κ3) is 1.81. The van der Waals surface area contributed by atoms with Crippen LogP contribution in [0.4, 0.5) is 0 Å². The lowest BCUT2D eigenvalue weighted by Gasteiger charge is -2.05. The second-order valence-corrected chi connectivity index (χ2v) is 4.53. The Bertz CT molecular complexity index is 713. The number of carbonyl (C=O) groups is 1. The first-order valence-corrected chi connectivity index (χ1v) is 5.98. The van der Waals surface area contributed by atoms with Crippen molar-refractivity contribution >= 4 is 28.8 Å². The Balaban J connectivity index is 2.22. The van der Waals surface area contributed by atoms with Gasteiger partial charge in [-0.25, -0.2) is 0 Å². The highest BCUT2D eigenvalue weighted by molar-refractivity contribution is 6.30. The maximum absolute atomic E-state index is 10.8. The summed E-state index contributed by atoms with van der Waals surface area (Å²) in [6.45, 7) is 0. The van der Waals surface area contributed by atoms with Gasteiger partial charge in [0.05, 0.1) is 5.52 Å². The van der Waals surface area contributed by atoms with E-state index in [1.807, 2.05) is 59.3 Å². The van der Waals surface area contributed by atoms with Crippen LogP contribution in [-0.2, 0) is 0 Å². The van der Waals surface area contributed by atoms with Gasteiger partial charge in [-0.15, -0.1) is 0 Å².